The summed E-state index contributed by atoms with van der Waals surface area (Å²) < 4.78 is 5.88. The molecule has 0 bridgehead atoms. The van der Waals surface area contributed by atoms with Crippen molar-refractivity contribution in [3.63, 3.8) is 0 Å². The van der Waals surface area contributed by atoms with E-state index in [0.717, 1.165) is 28.2 Å². The fourth-order valence-electron chi connectivity index (χ4n) is 4.09. The Hall–Kier alpha value is -1.81. The van der Waals surface area contributed by atoms with Crippen LogP contribution < -0.4 is 10.1 Å². The first-order valence-corrected chi connectivity index (χ1v) is 10.0. The molecule has 1 saturated carbocycles. The van der Waals surface area contributed by atoms with E-state index in [2.05, 4.69) is 32.2 Å². The number of benzene rings is 1. The number of amides is 1. The van der Waals surface area contributed by atoms with Crippen LogP contribution in [0, 0.1) is 18.8 Å². The smallest absolute Gasteiger partial charge is 0.261 e. The number of nitrogens with one attached hydrogen (secondary N) is 1. The average Bonchev–Trinajstić information content (AvgIpc) is 3.03. The van der Waals surface area contributed by atoms with Crippen molar-refractivity contribution >= 4 is 17.2 Å². The van der Waals surface area contributed by atoms with Gasteiger partial charge in [0.15, 0.2) is 0 Å². The number of fused-ring (bicyclic) bond motifs is 3. The molecule has 1 aromatic carbocycles. The number of ether oxygens (including phenoxy) is 1. The molecule has 0 unspecified atom stereocenters. The molecule has 132 valence electrons. The highest BCUT2D eigenvalue weighted by Crippen LogP contribution is 2.44. The molecule has 1 N–H and O–H groups in total. The lowest BCUT2D eigenvalue weighted by atomic mass is 9.78. The van der Waals surface area contributed by atoms with Crippen molar-refractivity contribution in [3.05, 3.63) is 40.3 Å². The summed E-state index contributed by atoms with van der Waals surface area (Å²) in [5.41, 5.74) is 3.47. The van der Waals surface area contributed by atoms with Crippen LogP contribution in [0.3, 0.4) is 0 Å². The molecule has 1 aliphatic heterocycles. The molecule has 2 aliphatic rings. The van der Waals surface area contributed by atoms with Gasteiger partial charge < -0.3 is 10.1 Å². The summed E-state index contributed by atoms with van der Waals surface area (Å²) in [4.78, 5) is 14.8. The molecule has 2 heterocycles. The molecular formula is C21H25NO2S. The first kappa shape index (κ1) is 16.6. The van der Waals surface area contributed by atoms with Gasteiger partial charge in [-0.05, 0) is 42.9 Å². The van der Waals surface area contributed by atoms with E-state index < -0.39 is 0 Å². The van der Waals surface area contributed by atoms with Crippen LogP contribution in [-0.2, 0) is 6.61 Å². The quantitative estimate of drug-likeness (QED) is 0.807. The second-order valence-corrected chi connectivity index (χ2v) is 8.60. The van der Waals surface area contributed by atoms with Gasteiger partial charge in [-0.25, -0.2) is 0 Å². The van der Waals surface area contributed by atoms with Gasteiger partial charge in [-0.15, -0.1) is 11.3 Å². The van der Waals surface area contributed by atoms with E-state index in [9.17, 15) is 4.79 Å². The van der Waals surface area contributed by atoms with E-state index in [0.29, 0.717) is 24.5 Å². The third-order valence-electron chi connectivity index (χ3n) is 5.90. The van der Waals surface area contributed by atoms with Gasteiger partial charge >= 0.3 is 0 Å². The molecule has 3 atom stereocenters. The van der Waals surface area contributed by atoms with Crippen molar-refractivity contribution in [1.29, 1.82) is 0 Å². The van der Waals surface area contributed by atoms with Crippen molar-refractivity contribution in [2.45, 2.75) is 52.7 Å². The zero-order valence-corrected chi connectivity index (χ0v) is 15.9. The number of aryl methyl sites for hydroxylation is 1. The molecule has 4 rings (SSSR count). The number of hydrogen-bond acceptors (Lipinski definition) is 3. The molecule has 0 saturated heterocycles. The van der Waals surface area contributed by atoms with Crippen molar-refractivity contribution in [2.75, 3.05) is 0 Å². The fourth-order valence-corrected chi connectivity index (χ4v) is 5.28. The monoisotopic (exact) mass is 355 g/mol. The maximum atomic E-state index is 12.8. The minimum atomic E-state index is 0.0699. The zero-order valence-electron chi connectivity index (χ0n) is 15.1. The third kappa shape index (κ3) is 2.97. The summed E-state index contributed by atoms with van der Waals surface area (Å²) in [6.07, 6.45) is 3.57. The molecule has 2 aromatic rings. The van der Waals surface area contributed by atoms with E-state index in [1.165, 1.54) is 23.3 Å². The molecule has 1 aliphatic carbocycles. The topological polar surface area (TPSA) is 38.3 Å². The molecular weight excluding hydrogens is 330 g/mol. The van der Waals surface area contributed by atoms with Gasteiger partial charge in [0.05, 0.1) is 4.88 Å². The van der Waals surface area contributed by atoms with Crippen molar-refractivity contribution in [3.8, 4) is 16.2 Å². The Morgan fingerprint density at radius 3 is 2.96 bits per heavy atom. The van der Waals surface area contributed by atoms with Gasteiger partial charge in [-0.2, -0.15) is 0 Å². The Kier molecular flexibility index (Phi) is 4.32. The molecule has 25 heavy (non-hydrogen) atoms. The van der Waals surface area contributed by atoms with Crippen LogP contribution >= 0.6 is 11.3 Å². The van der Waals surface area contributed by atoms with Gasteiger partial charge in [0.1, 0.15) is 12.4 Å². The first-order valence-electron chi connectivity index (χ1n) is 9.21. The van der Waals surface area contributed by atoms with Crippen LogP contribution in [0.15, 0.2) is 24.3 Å². The molecule has 0 radical (unpaired) electrons. The average molecular weight is 356 g/mol. The van der Waals surface area contributed by atoms with Gasteiger partial charge in [-0.1, -0.05) is 38.8 Å². The number of hydrogen-bond donors (Lipinski definition) is 1. The van der Waals surface area contributed by atoms with E-state index in [4.69, 9.17) is 4.74 Å². The maximum Gasteiger partial charge on any atom is 0.261 e. The lowest BCUT2D eigenvalue weighted by Gasteiger charge is -2.34. The summed E-state index contributed by atoms with van der Waals surface area (Å²) in [6.45, 7) is 7.21. The Labute approximate surface area is 153 Å². The Balaban J connectivity index is 1.59. The largest absolute Gasteiger partial charge is 0.488 e. The summed E-state index contributed by atoms with van der Waals surface area (Å²) in [5, 5.41) is 3.29. The number of rotatable bonds is 2. The highest BCUT2D eigenvalue weighted by atomic mass is 32.1. The Morgan fingerprint density at radius 2 is 2.12 bits per heavy atom. The highest BCUT2D eigenvalue weighted by molar-refractivity contribution is 7.17. The van der Waals surface area contributed by atoms with E-state index in [1.54, 1.807) is 11.3 Å². The lowest BCUT2D eigenvalue weighted by molar-refractivity contribution is 0.0895. The van der Waals surface area contributed by atoms with E-state index in [-0.39, 0.29) is 5.91 Å². The third-order valence-corrected chi connectivity index (χ3v) is 7.09. The van der Waals surface area contributed by atoms with E-state index >= 15 is 0 Å². The molecule has 1 fully saturated rings. The lowest BCUT2D eigenvalue weighted by Crippen LogP contribution is -2.43. The second kappa shape index (κ2) is 6.49. The Bertz CT molecular complexity index is 810. The SMILES string of the molecule is Cc1cccc2c1-c1sc(C(=O)N[C@@H]3CCC[C@H](C)[C@H]3C)cc1CO2. The van der Waals surface area contributed by atoms with E-state index in [1.807, 2.05) is 18.2 Å². The van der Waals surface area contributed by atoms with Crippen molar-refractivity contribution in [1.82, 2.24) is 5.32 Å². The number of carbonyl (C=O) groups is 1. The molecule has 1 aromatic heterocycles. The minimum Gasteiger partial charge on any atom is -0.488 e. The molecule has 0 spiro atoms. The minimum absolute atomic E-state index is 0.0699. The van der Waals surface area contributed by atoms with Crippen LogP contribution in [0.2, 0.25) is 0 Å². The molecule has 4 heteroatoms. The normalized spacial score (nSPS) is 24.8. The van der Waals surface area contributed by atoms with Gasteiger partial charge in [0.2, 0.25) is 0 Å². The Morgan fingerprint density at radius 1 is 1.28 bits per heavy atom. The van der Waals surface area contributed by atoms with Gasteiger partial charge in [-0.3, -0.25) is 4.79 Å². The standard InChI is InChI=1S/C21H25NO2S/c1-12-6-4-8-16(14(12)3)22-21(23)18-10-15-11-24-17-9-5-7-13(2)19(17)20(15)25-18/h5,7,9-10,12,14,16H,4,6,8,11H2,1-3H3,(H,22,23)/t12-,14+,16+/m0/s1. The van der Waals surface area contributed by atoms with Gasteiger partial charge in [0, 0.05) is 22.0 Å². The highest BCUT2D eigenvalue weighted by Gasteiger charge is 2.30. The zero-order chi connectivity index (χ0) is 17.6. The maximum absolute atomic E-state index is 12.8. The summed E-state index contributed by atoms with van der Waals surface area (Å²) in [6, 6.07) is 8.44. The van der Waals surface area contributed by atoms with Crippen LogP contribution in [-0.4, -0.2) is 11.9 Å². The van der Waals surface area contributed by atoms with Gasteiger partial charge in [0.25, 0.3) is 5.91 Å². The first-order chi connectivity index (χ1) is 12.0. The van der Waals surface area contributed by atoms with Crippen molar-refractivity contribution in [2.24, 2.45) is 11.8 Å². The summed E-state index contributed by atoms with van der Waals surface area (Å²) in [5.74, 6) is 2.22. The summed E-state index contributed by atoms with van der Waals surface area (Å²) in [7, 11) is 0. The van der Waals surface area contributed by atoms with Crippen LogP contribution in [0.5, 0.6) is 5.75 Å². The number of thiophene rings is 1. The molecule has 1 amide bonds. The van der Waals surface area contributed by atoms with Crippen LogP contribution in [0.25, 0.3) is 10.4 Å². The van der Waals surface area contributed by atoms with Crippen molar-refractivity contribution < 1.29 is 9.53 Å². The second-order valence-electron chi connectivity index (χ2n) is 7.55. The van der Waals surface area contributed by atoms with Crippen LogP contribution in [0.4, 0.5) is 0 Å². The predicted octanol–water partition coefficient (Wildman–Crippen LogP) is 5.17. The molecule has 3 nitrogen and oxygen atoms in total. The number of carbonyl (C=O) groups excluding carboxylic acids is 1. The fraction of sp³-hybridized carbons (Fsp3) is 0.476. The van der Waals surface area contributed by atoms with Crippen LogP contribution in [0.1, 0.15) is 53.9 Å². The summed E-state index contributed by atoms with van der Waals surface area (Å²) >= 11 is 1.60. The predicted molar refractivity (Wildman–Crippen MR) is 102 cm³/mol.